The zero-order chi connectivity index (χ0) is 17.3. The van der Waals surface area contributed by atoms with E-state index in [4.69, 9.17) is 0 Å². The topological polar surface area (TPSA) is 24.7 Å². The van der Waals surface area contributed by atoms with E-state index in [2.05, 4.69) is 77.6 Å². The molecular formula is C23H27N2+. The van der Waals surface area contributed by atoms with E-state index in [0.29, 0.717) is 11.8 Å². The van der Waals surface area contributed by atoms with Gasteiger partial charge in [-0.3, -0.25) is 0 Å². The van der Waals surface area contributed by atoms with E-state index in [1.165, 1.54) is 30.4 Å². The van der Waals surface area contributed by atoms with Crippen LogP contribution in [-0.4, -0.2) is 12.4 Å². The third kappa shape index (κ3) is 4.82. The third-order valence-corrected chi connectivity index (χ3v) is 4.94. The summed E-state index contributed by atoms with van der Waals surface area (Å²) in [7, 11) is 0. The largest absolute Gasteiger partial charge is 0.244 e. The van der Waals surface area contributed by atoms with E-state index in [-0.39, 0.29) is 0 Å². The Morgan fingerprint density at radius 2 is 1.48 bits per heavy atom. The average Bonchev–Trinajstić information content (AvgIpc) is 3.20. The summed E-state index contributed by atoms with van der Waals surface area (Å²) in [4.78, 5) is 9.14. The Labute approximate surface area is 151 Å². The number of aliphatic imine (C=N–C) groups is 2. The Bertz CT molecular complexity index is 664. The van der Waals surface area contributed by atoms with Gasteiger partial charge in [-0.05, 0) is 24.0 Å². The maximum Gasteiger partial charge on any atom is 0.244 e. The molecule has 2 nitrogen and oxygen atoms in total. The van der Waals surface area contributed by atoms with E-state index >= 15 is 0 Å². The van der Waals surface area contributed by atoms with Gasteiger partial charge in [0.05, 0.1) is 5.92 Å². The maximum absolute atomic E-state index is 4.57. The normalized spacial score (nSPS) is 15.5. The molecule has 2 aromatic rings. The van der Waals surface area contributed by atoms with Gasteiger partial charge in [-0.1, -0.05) is 96.8 Å². The van der Waals surface area contributed by atoms with Crippen molar-refractivity contribution in [2.24, 2.45) is 15.9 Å². The predicted molar refractivity (Wildman–Crippen MR) is 107 cm³/mol. The lowest BCUT2D eigenvalue weighted by Gasteiger charge is -2.26. The van der Waals surface area contributed by atoms with Crippen molar-refractivity contribution in [2.75, 3.05) is 0 Å². The number of benzene rings is 2. The summed E-state index contributed by atoms with van der Waals surface area (Å²) in [6.45, 7) is 2.26. The molecule has 128 valence electrons. The molecule has 3 rings (SSSR count). The highest BCUT2D eigenvalue weighted by molar-refractivity contribution is 6.18. The van der Waals surface area contributed by atoms with Crippen LogP contribution in [0.4, 0.5) is 0 Å². The molecule has 0 spiro atoms. The minimum absolute atomic E-state index is 0.365. The molecule has 2 aromatic carbocycles. The number of hydrogen-bond donors (Lipinski definition) is 0. The van der Waals surface area contributed by atoms with Gasteiger partial charge in [0.2, 0.25) is 6.17 Å². The minimum atomic E-state index is 0.365. The van der Waals surface area contributed by atoms with Crippen LogP contribution in [0.1, 0.15) is 49.7 Å². The van der Waals surface area contributed by atoms with Gasteiger partial charge in [-0.15, -0.1) is 0 Å². The van der Waals surface area contributed by atoms with Crippen LogP contribution in [0.3, 0.4) is 0 Å². The fraction of sp³-hybridized carbons (Fsp3) is 0.348. The zero-order valence-electron chi connectivity index (χ0n) is 15.0. The van der Waals surface area contributed by atoms with Crippen LogP contribution in [0.2, 0.25) is 0 Å². The van der Waals surface area contributed by atoms with E-state index in [1.807, 2.05) is 12.4 Å². The maximum atomic E-state index is 4.57. The zero-order valence-corrected chi connectivity index (χ0v) is 15.0. The van der Waals surface area contributed by atoms with Crippen LogP contribution in [-0.2, 0) is 6.42 Å². The monoisotopic (exact) mass is 331 g/mol. The second kappa shape index (κ2) is 9.22. The number of rotatable bonds is 9. The highest BCUT2D eigenvalue weighted by Crippen LogP contribution is 2.39. The second-order valence-corrected chi connectivity index (χ2v) is 6.72. The smallest absolute Gasteiger partial charge is 0.0965 e. The minimum Gasteiger partial charge on any atom is -0.0965 e. The van der Waals surface area contributed by atoms with Crippen LogP contribution in [0.5, 0.6) is 0 Å². The quantitative estimate of drug-likeness (QED) is 0.406. The lowest BCUT2D eigenvalue weighted by atomic mass is 9.77. The summed E-state index contributed by atoms with van der Waals surface area (Å²) >= 11 is 0. The first kappa shape index (κ1) is 17.5. The predicted octanol–water partition coefficient (Wildman–Crippen LogP) is 5.85. The Hall–Kier alpha value is -2.35. The van der Waals surface area contributed by atoms with Crippen molar-refractivity contribution in [2.45, 2.75) is 44.9 Å². The molecule has 1 aliphatic rings. The average molecular weight is 331 g/mol. The lowest BCUT2D eigenvalue weighted by molar-refractivity contribution is 0.385. The summed E-state index contributed by atoms with van der Waals surface area (Å²) < 4.78 is 0. The summed E-state index contributed by atoms with van der Waals surface area (Å²) in [5.41, 5.74) is 2.76. The highest BCUT2D eigenvalue weighted by Gasteiger charge is 2.36. The molecule has 0 fully saturated rings. The van der Waals surface area contributed by atoms with E-state index < -0.39 is 0 Å². The van der Waals surface area contributed by atoms with Crippen LogP contribution in [0, 0.1) is 12.1 Å². The molecule has 0 bridgehead atoms. The Balaban J connectivity index is 1.88. The van der Waals surface area contributed by atoms with Crippen LogP contribution in [0.25, 0.3) is 0 Å². The van der Waals surface area contributed by atoms with E-state index in [9.17, 15) is 0 Å². The molecular weight excluding hydrogens is 304 g/mol. The SMILES string of the molecule is CCCCCC([C+]1N=CC=N1)C(Cc1ccccc1)c1ccccc1. The summed E-state index contributed by atoms with van der Waals surface area (Å²) in [6.07, 6.45) is 10.6. The molecule has 0 N–H and O–H groups in total. The molecule has 0 saturated carbocycles. The first-order valence-corrected chi connectivity index (χ1v) is 9.41. The molecule has 0 radical (unpaired) electrons. The summed E-state index contributed by atoms with van der Waals surface area (Å²) in [5, 5.41) is 0. The third-order valence-electron chi connectivity index (χ3n) is 4.94. The highest BCUT2D eigenvalue weighted by atomic mass is 15.0. The number of hydrogen-bond acceptors (Lipinski definition) is 2. The molecule has 0 saturated heterocycles. The van der Waals surface area contributed by atoms with Crippen molar-refractivity contribution in [3.8, 4) is 0 Å². The van der Waals surface area contributed by atoms with Gasteiger partial charge in [0.25, 0.3) is 0 Å². The molecule has 2 heteroatoms. The Morgan fingerprint density at radius 1 is 0.840 bits per heavy atom. The lowest BCUT2D eigenvalue weighted by Crippen LogP contribution is -2.20. The van der Waals surface area contributed by atoms with Crippen molar-refractivity contribution >= 4 is 12.4 Å². The van der Waals surface area contributed by atoms with Crippen molar-refractivity contribution in [3.05, 3.63) is 78.0 Å². The first-order chi connectivity index (χ1) is 12.4. The standard InChI is InChI=1S/C23H27N2/c1-2-3-6-15-21(23-24-16-17-25-23)22(20-13-9-5-10-14-20)18-19-11-7-4-8-12-19/h4-5,7-14,16-17,21-22H,2-3,6,15,18H2,1H3/q+1. The molecule has 0 amide bonds. The first-order valence-electron chi connectivity index (χ1n) is 9.41. The van der Waals surface area contributed by atoms with Crippen molar-refractivity contribution < 1.29 is 0 Å². The van der Waals surface area contributed by atoms with Crippen LogP contribution in [0.15, 0.2) is 70.6 Å². The van der Waals surface area contributed by atoms with Gasteiger partial charge in [0.1, 0.15) is 0 Å². The molecule has 2 atom stereocenters. The number of nitrogens with zero attached hydrogens (tertiary/aromatic N) is 2. The van der Waals surface area contributed by atoms with Gasteiger partial charge >= 0.3 is 0 Å². The Morgan fingerprint density at radius 3 is 2.12 bits per heavy atom. The Kier molecular flexibility index (Phi) is 6.44. The van der Waals surface area contributed by atoms with Crippen molar-refractivity contribution in [3.63, 3.8) is 0 Å². The molecule has 0 aliphatic carbocycles. The van der Waals surface area contributed by atoms with Gasteiger partial charge in [0.15, 0.2) is 12.4 Å². The number of unbranched alkanes of at least 4 members (excludes halogenated alkanes) is 2. The van der Waals surface area contributed by atoms with Gasteiger partial charge < -0.3 is 0 Å². The molecule has 2 unspecified atom stereocenters. The molecule has 0 aromatic heterocycles. The van der Waals surface area contributed by atoms with Gasteiger partial charge in [0, 0.05) is 5.92 Å². The van der Waals surface area contributed by atoms with Gasteiger partial charge in [-0.2, -0.15) is 0 Å². The van der Waals surface area contributed by atoms with Gasteiger partial charge in [-0.25, -0.2) is 0 Å². The van der Waals surface area contributed by atoms with Crippen LogP contribution >= 0.6 is 0 Å². The van der Waals surface area contributed by atoms with E-state index in [1.54, 1.807) is 0 Å². The summed E-state index contributed by atoms with van der Waals surface area (Å²) in [6, 6.07) is 21.7. The van der Waals surface area contributed by atoms with Crippen molar-refractivity contribution in [1.29, 1.82) is 0 Å². The fourth-order valence-electron chi connectivity index (χ4n) is 3.63. The summed E-state index contributed by atoms with van der Waals surface area (Å²) in [5.74, 6) is 0.770. The fourth-order valence-corrected chi connectivity index (χ4v) is 3.63. The second-order valence-electron chi connectivity index (χ2n) is 6.72. The van der Waals surface area contributed by atoms with Crippen molar-refractivity contribution in [1.82, 2.24) is 0 Å². The molecule has 1 heterocycles. The molecule has 1 aliphatic heterocycles. The molecule has 25 heavy (non-hydrogen) atoms. The van der Waals surface area contributed by atoms with Crippen LogP contribution < -0.4 is 0 Å². The van der Waals surface area contributed by atoms with E-state index in [0.717, 1.165) is 19.0 Å².